The van der Waals surface area contributed by atoms with E-state index < -0.39 is 0 Å². The van der Waals surface area contributed by atoms with Crippen LogP contribution in [0.1, 0.15) is 43.0 Å². The minimum atomic E-state index is -0.328. The summed E-state index contributed by atoms with van der Waals surface area (Å²) in [5, 5.41) is 5.19. The molecule has 0 saturated carbocycles. The molecule has 9 nitrogen and oxygen atoms in total. The minimum Gasteiger partial charge on any atom is -0.368 e. The Labute approximate surface area is 214 Å². The molecule has 0 spiro atoms. The zero-order valence-electron chi connectivity index (χ0n) is 19.5. The van der Waals surface area contributed by atoms with Crippen molar-refractivity contribution in [3.63, 3.8) is 0 Å². The summed E-state index contributed by atoms with van der Waals surface area (Å²) in [6.07, 6.45) is 3.13. The monoisotopic (exact) mass is 511 g/mol. The number of anilines is 2. The molecule has 0 aliphatic carbocycles. The number of hydrogen-bond acceptors (Lipinski definition) is 7. The van der Waals surface area contributed by atoms with Gasteiger partial charge in [-0.2, -0.15) is 23.6 Å². The Balaban J connectivity index is 0.00000289. The van der Waals surface area contributed by atoms with Crippen molar-refractivity contribution in [2.24, 2.45) is 11.8 Å². The summed E-state index contributed by atoms with van der Waals surface area (Å²) in [5.41, 5.74) is 6.98. The fraction of sp³-hybridized carbons (Fsp3) is 0.292. The van der Waals surface area contributed by atoms with Crippen molar-refractivity contribution in [3.05, 3.63) is 75.6 Å². The van der Waals surface area contributed by atoms with Gasteiger partial charge in [0.2, 0.25) is 5.95 Å². The van der Waals surface area contributed by atoms with E-state index in [0.717, 1.165) is 0 Å². The molecule has 11 heteroatoms. The van der Waals surface area contributed by atoms with E-state index >= 15 is 0 Å². The van der Waals surface area contributed by atoms with E-state index in [9.17, 15) is 9.59 Å². The number of nitrogen functional groups attached to an aromatic ring is 1. The molecule has 2 N–H and O–H groups in total. The molecule has 0 radical (unpaired) electrons. The smallest absolute Gasteiger partial charge is 0.284 e. The number of fused-ring (bicyclic) bond motifs is 1. The van der Waals surface area contributed by atoms with Crippen LogP contribution in [0, 0.1) is 11.8 Å². The van der Waals surface area contributed by atoms with E-state index in [1.807, 2.05) is 35.2 Å². The number of Topliss-reactive ketones (excluding diaryl/α,β-unsaturated/α-hetero) is 1. The van der Waals surface area contributed by atoms with Gasteiger partial charge in [0.1, 0.15) is 11.3 Å². The van der Waals surface area contributed by atoms with E-state index in [1.165, 1.54) is 17.6 Å². The number of benzene rings is 1. The van der Waals surface area contributed by atoms with E-state index in [-0.39, 0.29) is 48.7 Å². The van der Waals surface area contributed by atoms with Crippen LogP contribution in [-0.2, 0) is 0 Å². The van der Waals surface area contributed by atoms with Crippen LogP contribution in [0.3, 0.4) is 0 Å². The Morgan fingerprint density at radius 1 is 1.20 bits per heavy atom. The molecular formula is C24H26ClN7O2S. The summed E-state index contributed by atoms with van der Waals surface area (Å²) in [7, 11) is 0. The molecule has 0 amide bonds. The van der Waals surface area contributed by atoms with Gasteiger partial charge >= 0.3 is 0 Å². The second-order valence-electron chi connectivity index (χ2n) is 8.82. The molecular weight excluding hydrogens is 486 g/mol. The number of carbonyl (C=O) groups is 1. The lowest BCUT2D eigenvalue weighted by Crippen LogP contribution is -2.55. The van der Waals surface area contributed by atoms with Gasteiger partial charge < -0.3 is 10.6 Å². The van der Waals surface area contributed by atoms with E-state index in [4.69, 9.17) is 22.4 Å². The highest BCUT2D eigenvalue weighted by Crippen LogP contribution is 2.45. The maximum absolute atomic E-state index is 13.7. The van der Waals surface area contributed by atoms with Crippen molar-refractivity contribution in [3.8, 4) is 5.69 Å². The third-order valence-corrected chi connectivity index (χ3v) is 6.69. The standard InChI is InChI=1S/C24H24ClN7O2.H2S/c1-13(2)17-12-30(21-16(14(3)33)11-27-24(26)28-21)19(17)22-29-31-10-9-18(25)20(31)23(34)32(22)15-7-5-4-6-8-15;/h4-11,13,17,19H,12H2,1-3H3,(H2,26,27,28);1H2/t17?,19-;/m0./s1. The molecule has 0 bridgehead atoms. The van der Waals surface area contributed by atoms with Crippen molar-refractivity contribution in [1.29, 1.82) is 0 Å². The summed E-state index contributed by atoms with van der Waals surface area (Å²) in [4.78, 5) is 36.5. The number of halogens is 1. The summed E-state index contributed by atoms with van der Waals surface area (Å²) >= 11 is 6.34. The number of nitrogens with zero attached hydrogens (tertiary/aromatic N) is 6. The van der Waals surface area contributed by atoms with Crippen molar-refractivity contribution in [2.45, 2.75) is 26.8 Å². The highest BCUT2D eigenvalue weighted by Gasteiger charge is 2.46. The lowest BCUT2D eigenvalue weighted by molar-refractivity contribution is 0.101. The third-order valence-electron chi connectivity index (χ3n) is 6.39. The highest BCUT2D eigenvalue weighted by molar-refractivity contribution is 7.59. The van der Waals surface area contributed by atoms with Crippen LogP contribution in [0.25, 0.3) is 11.2 Å². The lowest BCUT2D eigenvalue weighted by atomic mass is 9.79. The van der Waals surface area contributed by atoms with Gasteiger partial charge in [0.05, 0.1) is 22.3 Å². The van der Waals surface area contributed by atoms with Crippen LogP contribution in [0.2, 0.25) is 5.02 Å². The maximum atomic E-state index is 13.7. The van der Waals surface area contributed by atoms with Crippen LogP contribution in [0.15, 0.2) is 53.6 Å². The number of rotatable bonds is 5. The topological polar surface area (TPSA) is 111 Å². The first-order chi connectivity index (χ1) is 16.3. The molecule has 182 valence electrons. The van der Waals surface area contributed by atoms with Crippen LogP contribution in [-0.4, -0.2) is 36.5 Å². The summed E-state index contributed by atoms with van der Waals surface area (Å²) < 4.78 is 3.12. The third kappa shape index (κ3) is 4.06. The Hall–Kier alpha value is -3.37. The van der Waals surface area contributed by atoms with Crippen molar-refractivity contribution < 1.29 is 4.79 Å². The quantitative estimate of drug-likeness (QED) is 0.407. The highest BCUT2D eigenvalue weighted by atomic mass is 35.5. The van der Waals surface area contributed by atoms with Gasteiger partial charge in [-0.25, -0.2) is 9.50 Å². The number of nitrogens with two attached hydrogens (primary N) is 1. The molecule has 1 aliphatic heterocycles. The Morgan fingerprint density at radius 3 is 2.57 bits per heavy atom. The van der Waals surface area contributed by atoms with Crippen LogP contribution in [0.5, 0.6) is 0 Å². The van der Waals surface area contributed by atoms with Gasteiger partial charge in [-0.15, -0.1) is 0 Å². The SMILES string of the molecule is CC(=O)c1cnc(N)nc1N1CC(C(C)C)[C@H]1c1nn2ccc(Cl)c2c(=O)n1-c1ccccc1.S. The Kier molecular flexibility index (Phi) is 6.61. The van der Waals surface area contributed by atoms with E-state index in [1.54, 1.807) is 16.8 Å². The molecule has 4 aromatic rings. The number of carbonyl (C=O) groups excluding carboxylic acids is 1. The maximum Gasteiger partial charge on any atom is 0.284 e. The molecule has 1 fully saturated rings. The number of para-hydroxylation sites is 1. The normalized spacial score (nSPS) is 17.3. The average Bonchev–Trinajstić information content (AvgIpc) is 3.14. The Bertz CT molecular complexity index is 1470. The van der Waals surface area contributed by atoms with Gasteiger partial charge in [-0.1, -0.05) is 43.6 Å². The molecule has 1 aliphatic rings. The van der Waals surface area contributed by atoms with Gasteiger partial charge in [0, 0.05) is 24.9 Å². The van der Waals surface area contributed by atoms with Gasteiger partial charge in [0.25, 0.3) is 5.56 Å². The number of aromatic nitrogens is 5. The Morgan fingerprint density at radius 2 is 1.91 bits per heavy atom. The number of ketones is 1. The van der Waals surface area contributed by atoms with Gasteiger partial charge in [-0.05, 0) is 31.0 Å². The molecule has 2 atom stereocenters. The predicted octanol–water partition coefficient (Wildman–Crippen LogP) is 3.66. The fourth-order valence-corrected chi connectivity index (χ4v) is 4.80. The second kappa shape index (κ2) is 9.35. The van der Waals surface area contributed by atoms with E-state index in [2.05, 4.69) is 23.8 Å². The first-order valence-corrected chi connectivity index (χ1v) is 11.4. The van der Waals surface area contributed by atoms with Crippen LogP contribution < -0.4 is 16.2 Å². The molecule has 1 aromatic carbocycles. The molecule has 4 heterocycles. The van der Waals surface area contributed by atoms with Crippen molar-refractivity contribution in [2.75, 3.05) is 17.2 Å². The van der Waals surface area contributed by atoms with Crippen molar-refractivity contribution >= 4 is 48.2 Å². The van der Waals surface area contributed by atoms with Crippen LogP contribution in [0.4, 0.5) is 11.8 Å². The molecule has 1 unspecified atom stereocenters. The largest absolute Gasteiger partial charge is 0.368 e. The summed E-state index contributed by atoms with van der Waals surface area (Å²) in [6, 6.07) is 10.7. The number of hydrogen-bond donors (Lipinski definition) is 1. The van der Waals surface area contributed by atoms with E-state index in [0.29, 0.717) is 40.0 Å². The van der Waals surface area contributed by atoms with Crippen LogP contribution >= 0.6 is 25.1 Å². The summed E-state index contributed by atoms with van der Waals surface area (Å²) in [5.74, 6) is 1.33. The second-order valence-corrected chi connectivity index (χ2v) is 9.23. The first kappa shape index (κ1) is 24.7. The van der Waals surface area contributed by atoms with Crippen molar-refractivity contribution in [1.82, 2.24) is 24.1 Å². The van der Waals surface area contributed by atoms with Gasteiger partial charge in [-0.3, -0.25) is 14.2 Å². The zero-order chi connectivity index (χ0) is 24.1. The molecule has 3 aromatic heterocycles. The molecule has 1 saturated heterocycles. The predicted molar refractivity (Wildman–Crippen MR) is 141 cm³/mol. The summed E-state index contributed by atoms with van der Waals surface area (Å²) in [6.45, 7) is 6.36. The average molecular weight is 512 g/mol. The molecule has 5 rings (SSSR count). The fourth-order valence-electron chi connectivity index (χ4n) is 4.58. The lowest BCUT2D eigenvalue weighted by Gasteiger charge is -2.50. The van der Waals surface area contributed by atoms with Gasteiger partial charge in [0.15, 0.2) is 11.6 Å². The zero-order valence-corrected chi connectivity index (χ0v) is 21.3. The first-order valence-electron chi connectivity index (χ1n) is 11.0. The minimum absolute atomic E-state index is 0. The molecule has 35 heavy (non-hydrogen) atoms.